The Kier molecular flexibility index (Phi) is 6.20. The average Bonchev–Trinajstić information content (AvgIpc) is 3.32. The number of nitrogens with one attached hydrogen (secondary N) is 1. The van der Waals surface area contributed by atoms with Crippen LogP contribution >= 0.6 is 11.3 Å². The van der Waals surface area contributed by atoms with Crippen LogP contribution in [0.3, 0.4) is 0 Å². The summed E-state index contributed by atoms with van der Waals surface area (Å²) in [5.41, 5.74) is 0.474. The van der Waals surface area contributed by atoms with E-state index in [2.05, 4.69) is 26.4 Å². The van der Waals surface area contributed by atoms with Gasteiger partial charge in [-0.2, -0.15) is 4.98 Å². The lowest BCUT2D eigenvalue weighted by atomic mass is 10.1. The van der Waals surface area contributed by atoms with Crippen LogP contribution in [-0.4, -0.2) is 41.6 Å². The zero-order valence-corrected chi connectivity index (χ0v) is 16.3. The van der Waals surface area contributed by atoms with Crippen LogP contribution in [0.2, 0.25) is 0 Å². The van der Waals surface area contributed by atoms with E-state index >= 15 is 0 Å². The molecule has 0 aliphatic heterocycles. The van der Waals surface area contributed by atoms with Gasteiger partial charge in [0.25, 0.3) is 5.91 Å². The quantitative estimate of drug-likeness (QED) is 0.641. The van der Waals surface area contributed by atoms with E-state index in [1.807, 2.05) is 37.7 Å². The number of nitrogens with zero attached hydrogens (tertiary/aromatic N) is 3. The van der Waals surface area contributed by atoms with Crippen LogP contribution in [0, 0.1) is 6.92 Å². The Morgan fingerprint density at radius 2 is 2.11 bits per heavy atom. The van der Waals surface area contributed by atoms with Crippen molar-refractivity contribution >= 4 is 17.2 Å². The molecule has 0 radical (unpaired) electrons. The van der Waals surface area contributed by atoms with Gasteiger partial charge in [0.05, 0.1) is 11.6 Å². The summed E-state index contributed by atoms with van der Waals surface area (Å²) in [6.07, 6.45) is 0. The first-order chi connectivity index (χ1) is 13.0. The third-order valence-corrected chi connectivity index (χ3v) is 4.98. The second-order valence-electron chi connectivity index (χ2n) is 6.22. The third-order valence-electron chi connectivity index (χ3n) is 4.01. The van der Waals surface area contributed by atoms with Crippen molar-refractivity contribution in [1.82, 2.24) is 20.4 Å². The van der Waals surface area contributed by atoms with Crippen molar-refractivity contribution in [3.63, 3.8) is 0 Å². The molecular weight excluding hydrogens is 364 g/mol. The zero-order valence-electron chi connectivity index (χ0n) is 15.5. The van der Waals surface area contributed by atoms with Gasteiger partial charge in [-0.1, -0.05) is 23.4 Å². The lowest BCUT2D eigenvalue weighted by molar-refractivity contribution is 0.0937. The van der Waals surface area contributed by atoms with Crippen LogP contribution in [0.25, 0.3) is 0 Å². The molecule has 2 aromatic heterocycles. The van der Waals surface area contributed by atoms with E-state index in [0.717, 1.165) is 0 Å². The molecule has 27 heavy (non-hydrogen) atoms. The number of hydrogen-bond donors (Lipinski definition) is 1. The molecule has 0 spiro atoms. The van der Waals surface area contributed by atoms with Crippen LogP contribution in [0.4, 0.5) is 0 Å². The van der Waals surface area contributed by atoms with E-state index in [1.54, 1.807) is 30.4 Å². The number of thiophene rings is 1. The van der Waals surface area contributed by atoms with Crippen LogP contribution in [0.1, 0.15) is 33.0 Å². The Labute approximate surface area is 162 Å². The lowest BCUT2D eigenvalue weighted by Crippen LogP contribution is -2.34. The van der Waals surface area contributed by atoms with E-state index in [9.17, 15) is 4.79 Å². The summed E-state index contributed by atoms with van der Waals surface area (Å²) in [5, 5.41) is 8.84. The van der Waals surface area contributed by atoms with Gasteiger partial charge < -0.3 is 19.5 Å². The van der Waals surface area contributed by atoms with Crippen molar-refractivity contribution in [2.45, 2.75) is 19.6 Å². The van der Waals surface area contributed by atoms with Gasteiger partial charge in [-0.05, 0) is 37.7 Å². The Morgan fingerprint density at radius 3 is 2.78 bits per heavy atom. The normalized spacial score (nSPS) is 12.1. The Morgan fingerprint density at radius 1 is 1.30 bits per heavy atom. The molecule has 0 bridgehead atoms. The molecule has 3 aromatic rings. The largest absolute Gasteiger partial charge is 0.485 e. The average molecular weight is 386 g/mol. The molecule has 1 aromatic carbocycles. The molecule has 7 nitrogen and oxygen atoms in total. The SMILES string of the molecule is Cc1nc(COc2ccccc2C(=O)NCC(c2cccs2)N(C)C)no1. The monoisotopic (exact) mass is 386 g/mol. The van der Waals surface area contributed by atoms with Crippen LogP contribution in [0.15, 0.2) is 46.3 Å². The Hall–Kier alpha value is -2.71. The van der Waals surface area contributed by atoms with Crippen LogP contribution in [-0.2, 0) is 6.61 Å². The number of para-hydroxylation sites is 1. The fourth-order valence-electron chi connectivity index (χ4n) is 2.63. The van der Waals surface area contributed by atoms with Crippen molar-refractivity contribution in [2.24, 2.45) is 0 Å². The highest BCUT2D eigenvalue weighted by Crippen LogP contribution is 2.23. The third kappa shape index (κ3) is 4.93. The summed E-state index contributed by atoms with van der Waals surface area (Å²) in [6.45, 7) is 2.36. The Bertz CT molecular complexity index is 877. The van der Waals surface area contributed by atoms with E-state index in [0.29, 0.717) is 29.6 Å². The molecule has 1 N–H and O–H groups in total. The van der Waals surface area contributed by atoms with Crippen LogP contribution < -0.4 is 10.1 Å². The van der Waals surface area contributed by atoms with Crippen molar-refractivity contribution in [3.8, 4) is 5.75 Å². The van der Waals surface area contributed by atoms with Gasteiger partial charge >= 0.3 is 0 Å². The van der Waals surface area contributed by atoms with Gasteiger partial charge in [0, 0.05) is 18.3 Å². The first-order valence-electron chi connectivity index (χ1n) is 8.53. The second-order valence-corrected chi connectivity index (χ2v) is 7.20. The number of likely N-dealkylation sites (N-methyl/N-ethyl adjacent to an activating group) is 1. The van der Waals surface area contributed by atoms with Gasteiger partial charge in [0.2, 0.25) is 11.7 Å². The first kappa shape index (κ1) is 19.1. The fraction of sp³-hybridized carbons (Fsp3) is 0.316. The number of rotatable bonds is 8. The molecule has 0 saturated carbocycles. The molecule has 142 valence electrons. The number of benzene rings is 1. The molecule has 3 rings (SSSR count). The molecule has 1 unspecified atom stereocenters. The van der Waals surface area contributed by atoms with E-state index in [4.69, 9.17) is 9.26 Å². The van der Waals surface area contributed by atoms with E-state index < -0.39 is 0 Å². The summed E-state index contributed by atoms with van der Waals surface area (Å²) in [7, 11) is 4.00. The lowest BCUT2D eigenvalue weighted by Gasteiger charge is -2.23. The van der Waals surface area contributed by atoms with Crippen molar-refractivity contribution in [1.29, 1.82) is 0 Å². The van der Waals surface area contributed by atoms with Crippen LogP contribution in [0.5, 0.6) is 5.75 Å². The number of aryl methyl sites for hydroxylation is 1. The highest BCUT2D eigenvalue weighted by Gasteiger charge is 2.18. The number of hydrogen-bond acceptors (Lipinski definition) is 7. The summed E-state index contributed by atoms with van der Waals surface area (Å²) in [6, 6.07) is 11.3. The summed E-state index contributed by atoms with van der Waals surface area (Å²) < 4.78 is 10.7. The molecule has 0 fully saturated rings. The molecule has 0 saturated heterocycles. The first-order valence-corrected chi connectivity index (χ1v) is 9.41. The topological polar surface area (TPSA) is 80.5 Å². The number of carbonyl (C=O) groups excluding carboxylic acids is 1. The summed E-state index contributed by atoms with van der Waals surface area (Å²) in [4.78, 5) is 20.1. The highest BCUT2D eigenvalue weighted by atomic mass is 32.1. The number of aromatic nitrogens is 2. The smallest absolute Gasteiger partial charge is 0.255 e. The van der Waals surface area contributed by atoms with Gasteiger partial charge in [-0.3, -0.25) is 4.79 Å². The predicted octanol–water partition coefficient (Wildman–Crippen LogP) is 3.05. The number of carbonyl (C=O) groups is 1. The van der Waals surface area contributed by atoms with Crippen molar-refractivity contribution < 1.29 is 14.1 Å². The molecule has 0 aliphatic rings. The minimum Gasteiger partial charge on any atom is -0.485 e. The summed E-state index contributed by atoms with van der Waals surface area (Å²) in [5.74, 6) is 1.21. The molecule has 1 atom stereocenters. The summed E-state index contributed by atoms with van der Waals surface area (Å²) >= 11 is 1.68. The maximum absolute atomic E-state index is 12.7. The van der Waals surface area contributed by atoms with Crippen molar-refractivity contribution in [2.75, 3.05) is 20.6 Å². The molecule has 2 heterocycles. The highest BCUT2D eigenvalue weighted by molar-refractivity contribution is 7.10. The Balaban J connectivity index is 1.65. The van der Waals surface area contributed by atoms with Gasteiger partial charge in [0.1, 0.15) is 5.75 Å². The minimum atomic E-state index is -0.182. The maximum atomic E-state index is 12.7. The van der Waals surface area contributed by atoms with Gasteiger partial charge in [0.15, 0.2) is 6.61 Å². The maximum Gasteiger partial charge on any atom is 0.255 e. The number of ether oxygens (including phenoxy) is 1. The second kappa shape index (κ2) is 8.79. The number of amides is 1. The van der Waals surface area contributed by atoms with Gasteiger partial charge in [-0.25, -0.2) is 0 Å². The molecular formula is C19H22N4O3S. The molecule has 1 amide bonds. The van der Waals surface area contributed by atoms with E-state index in [1.165, 1.54) is 4.88 Å². The molecule has 0 aliphatic carbocycles. The fourth-order valence-corrected chi connectivity index (χ4v) is 3.55. The minimum absolute atomic E-state index is 0.115. The predicted molar refractivity (Wildman–Crippen MR) is 103 cm³/mol. The standard InChI is InChI=1S/C19H22N4O3S/c1-13-21-18(22-26-13)12-25-16-8-5-4-7-14(16)19(24)20-11-15(23(2)3)17-9-6-10-27-17/h4-10,15H,11-12H2,1-3H3,(H,20,24). The molecule has 8 heteroatoms. The van der Waals surface area contributed by atoms with Crippen molar-refractivity contribution in [3.05, 3.63) is 63.9 Å². The van der Waals surface area contributed by atoms with E-state index in [-0.39, 0.29) is 18.6 Å². The zero-order chi connectivity index (χ0) is 19.2. The van der Waals surface area contributed by atoms with Gasteiger partial charge in [-0.15, -0.1) is 11.3 Å².